The molecule has 0 aliphatic rings. The van der Waals surface area contributed by atoms with Gasteiger partial charge in [0.1, 0.15) is 5.75 Å². The molecule has 9 aromatic carbocycles. The Morgan fingerprint density at radius 1 is 0.333 bits per heavy atom. The van der Waals surface area contributed by atoms with Gasteiger partial charge in [-0.1, -0.05) is 152 Å². The zero-order valence-corrected chi connectivity index (χ0v) is 31.2. The van der Waals surface area contributed by atoms with Crippen LogP contribution >= 0.6 is 0 Å². The van der Waals surface area contributed by atoms with Crippen LogP contribution in [0.1, 0.15) is 0 Å². The Kier molecular flexibility index (Phi) is 8.66. The molecule has 0 amide bonds. The monoisotopic (exact) mass is 730 g/mol. The van der Waals surface area contributed by atoms with Crippen LogP contribution in [-0.4, -0.2) is 9.67 Å². The van der Waals surface area contributed by atoms with Gasteiger partial charge in [-0.25, -0.2) is 0 Å². The van der Waals surface area contributed by atoms with Crippen LogP contribution in [0.4, 0.5) is 11.4 Å². The number of fused-ring (bicyclic) bond motifs is 3. The molecule has 0 saturated carbocycles. The van der Waals surface area contributed by atoms with Crippen molar-refractivity contribution in [3.05, 3.63) is 218 Å². The molecule has 0 atom stereocenters. The van der Waals surface area contributed by atoms with E-state index in [0.29, 0.717) is 0 Å². The van der Waals surface area contributed by atoms with Gasteiger partial charge in [0, 0.05) is 39.0 Å². The number of nitrogens with one attached hydrogen (secondary N) is 1. The van der Waals surface area contributed by atoms with Crippen molar-refractivity contribution >= 4 is 33.2 Å². The minimum Gasteiger partial charge on any atom is -0.507 e. The highest BCUT2D eigenvalue weighted by Gasteiger charge is 2.16. The van der Waals surface area contributed by atoms with Crippen molar-refractivity contribution in [3.8, 4) is 67.1 Å². The number of anilines is 2. The number of phenols is 1. The minimum absolute atomic E-state index is 0.285. The summed E-state index contributed by atoms with van der Waals surface area (Å²) < 4.78 is 2.37. The number of benzene rings is 9. The predicted octanol–water partition coefficient (Wildman–Crippen LogP) is 14.6. The van der Waals surface area contributed by atoms with Crippen molar-refractivity contribution in [2.45, 2.75) is 0 Å². The molecular weight excluding hydrogens is 693 g/mol. The van der Waals surface area contributed by atoms with Gasteiger partial charge in [0.2, 0.25) is 0 Å². The zero-order valence-electron chi connectivity index (χ0n) is 31.2. The fourth-order valence-corrected chi connectivity index (χ4v) is 8.04. The van der Waals surface area contributed by atoms with Gasteiger partial charge in [0.15, 0.2) is 0 Å². The third-order valence-electron chi connectivity index (χ3n) is 10.9. The molecule has 0 radical (unpaired) electrons. The summed E-state index contributed by atoms with van der Waals surface area (Å²) in [5.41, 5.74) is 16.7. The second-order valence-corrected chi connectivity index (χ2v) is 14.4. The van der Waals surface area contributed by atoms with E-state index in [1.54, 1.807) is 6.07 Å². The third kappa shape index (κ3) is 6.52. The van der Waals surface area contributed by atoms with Crippen molar-refractivity contribution < 1.29 is 5.11 Å². The number of hydrogen-bond acceptors (Lipinski definition) is 2. The maximum atomic E-state index is 10.4. The van der Waals surface area contributed by atoms with E-state index in [4.69, 9.17) is 0 Å². The summed E-state index contributed by atoms with van der Waals surface area (Å²) in [4.78, 5) is 0. The van der Waals surface area contributed by atoms with Gasteiger partial charge in [0.25, 0.3) is 0 Å². The average molecular weight is 731 g/mol. The number of aromatic nitrogens is 1. The SMILES string of the molecule is Oc1ccccc1-c1ccc(-c2ccc3c(c2)c2cc(-c4cccc(-c5ccccc5Nc5ccc(-c6ccccc6)cc5)c4)ccc2n3-c2ccccc2)cc1. The normalized spacial score (nSPS) is 11.2. The van der Waals surface area contributed by atoms with Crippen molar-refractivity contribution in [1.82, 2.24) is 4.57 Å². The summed E-state index contributed by atoms with van der Waals surface area (Å²) in [7, 11) is 0. The lowest BCUT2D eigenvalue weighted by molar-refractivity contribution is 0.477. The van der Waals surface area contributed by atoms with E-state index >= 15 is 0 Å². The molecule has 3 heteroatoms. The Morgan fingerprint density at radius 3 is 1.51 bits per heavy atom. The summed E-state index contributed by atoms with van der Waals surface area (Å²) in [6.45, 7) is 0. The lowest BCUT2D eigenvalue weighted by Crippen LogP contribution is -1.94. The van der Waals surface area contributed by atoms with E-state index in [1.165, 1.54) is 21.9 Å². The molecule has 0 fully saturated rings. The van der Waals surface area contributed by atoms with E-state index in [1.807, 2.05) is 24.3 Å². The quantitative estimate of drug-likeness (QED) is 0.163. The van der Waals surface area contributed by atoms with Crippen LogP contribution in [0, 0.1) is 0 Å². The van der Waals surface area contributed by atoms with Gasteiger partial charge in [-0.3, -0.25) is 0 Å². The molecule has 270 valence electrons. The average Bonchev–Trinajstić information content (AvgIpc) is 3.61. The molecule has 10 rings (SSSR count). The van der Waals surface area contributed by atoms with Crippen molar-refractivity contribution in [2.75, 3.05) is 5.32 Å². The van der Waals surface area contributed by atoms with Crippen LogP contribution < -0.4 is 5.32 Å². The van der Waals surface area contributed by atoms with Crippen LogP contribution in [0.3, 0.4) is 0 Å². The standard InChI is InChI=1S/C54H38N2O/c57-54-21-10-8-19-48(54)40-24-22-39(23-25-40)42-28-32-52-49(35-42)50-36-43(29-33-53(50)56(52)46-16-5-2-6-17-46)41-14-11-15-44(34-41)47-18-7-9-20-51(47)55-45-30-26-38(27-31-45)37-12-3-1-4-13-37/h1-36,55,57H. The van der Waals surface area contributed by atoms with E-state index in [0.717, 1.165) is 72.6 Å². The first-order chi connectivity index (χ1) is 28.2. The number of aromatic hydroxyl groups is 1. The van der Waals surface area contributed by atoms with Gasteiger partial charge in [0.05, 0.1) is 11.0 Å². The number of para-hydroxylation sites is 3. The van der Waals surface area contributed by atoms with E-state index in [2.05, 4.69) is 198 Å². The fraction of sp³-hybridized carbons (Fsp3) is 0. The lowest BCUT2D eigenvalue weighted by atomic mass is 9.96. The molecule has 57 heavy (non-hydrogen) atoms. The zero-order chi connectivity index (χ0) is 38.1. The molecule has 0 bridgehead atoms. The molecule has 0 spiro atoms. The van der Waals surface area contributed by atoms with Crippen LogP contribution in [0.2, 0.25) is 0 Å². The first-order valence-electron chi connectivity index (χ1n) is 19.3. The Morgan fingerprint density at radius 2 is 0.807 bits per heavy atom. The highest BCUT2D eigenvalue weighted by Crippen LogP contribution is 2.39. The van der Waals surface area contributed by atoms with Crippen LogP contribution in [0.15, 0.2) is 218 Å². The number of phenolic OH excluding ortho intramolecular Hbond substituents is 1. The molecule has 10 aromatic rings. The Hall–Kier alpha value is -7.62. The van der Waals surface area contributed by atoms with Crippen LogP contribution in [0.25, 0.3) is 83.1 Å². The maximum Gasteiger partial charge on any atom is 0.123 e. The number of rotatable bonds is 8. The molecule has 0 aliphatic heterocycles. The molecule has 2 N–H and O–H groups in total. The minimum atomic E-state index is 0.285. The summed E-state index contributed by atoms with van der Waals surface area (Å²) in [5.74, 6) is 0.285. The summed E-state index contributed by atoms with van der Waals surface area (Å²) >= 11 is 0. The number of nitrogens with zero attached hydrogens (tertiary/aromatic N) is 1. The van der Waals surface area contributed by atoms with Gasteiger partial charge < -0.3 is 15.0 Å². The molecular formula is C54H38N2O. The second-order valence-electron chi connectivity index (χ2n) is 14.4. The second kappa shape index (κ2) is 14.6. The molecule has 1 heterocycles. The molecule has 1 aromatic heterocycles. The Balaban J connectivity index is 1.02. The highest BCUT2D eigenvalue weighted by atomic mass is 16.3. The molecule has 0 aliphatic carbocycles. The summed E-state index contributed by atoms with van der Waals surface area (Å²) in [6, 6.07) is 76.7. The third-order valence-corrected chi connectivity index (χ3v) is 10.9. The highest BCUT2D eigenvalue weighted by molar-refractivity contribution is 6.11. The van der Waals surface area contributed by atoms with Gasteiger partial charge >= 0.3 is 0 Å². The molecule has 0 saturated heterocycles. The maximum absolute atomic E-state index is 10.4. The van der Waals surface area contributed by atoms with E-state index < -0.39 is 0 Å². The summed E-state index contributed by atoms with van der Waals surface area (Å²) in [5, 5.41) is 16.5. The smallest absolute Gasteiger partial charge is 0.123 e. The van der Waals surface area contributed by atoms with Crippen molar-refractivity contribution in [1.29, 1.82) is 0 Å². The lowest BCUT2D eigenvalue weighted by Gasteiger charge is -2.14. The van der Waals surface area contributed by atoms with E-state index in [-0.39, 0.29) is 5.75 Å². The number of hydrogen-bond donors (Lipinski definition) is 2. The predicted molar refractivity (Wildman–Crippen MR) is 239 cm³/mol. The van der Waals surface area contributed by atoms with Crippen molar-refractivity contribution in [2.24, 2.45) is 0 Å². The first-order valence-corrected chi connectivity index (χ1v) is 19.3. The fourth-order valence-electron chi connectivity index (χ4n) is 8.04. The Labute approximate surface area is 332 Å². The molecule has 3 nitrogen and oxygen atoms in total. The van der Waals surface area contributed by atoms with Gasteiger partial charge in [-0.15, -0.1) is 0 Å². The van der Waals surface area contributed by atoms with Gasteiger partial charge in [-0.05, 0) is 111 Å². The molecule has 0 unspecified atom stereocenters. The van der Waals surface area contributed by atoms with Crippen molar-refractivity contribution in [3.63, 3.8) is 0 Å². The van der Waals surface area contributed by atoms with Crippen LogP contribution in [-0.2, 0) is 0 Å². The van der Waals surface area contributed by atoms with Crippen LogP contribution in [0.5, 0.6) is 5.75 Å². The van der Waals surface area contributed by atoms with E-state index in [9.17, 15) is 5.11 Å². The van der Waals surface area contributed by atoms with Gasteiger partial charge in [-0.2, -0.15) is 0 Å². The summed E-state index contributed by atoms with van der Waals surface area (Å²) in [6.07, 6.45) is 0. The topological polar surface area (TPSA) is 37.2 Å². The largest absolute Gasteiger partial charge is 0.507 e. The Bertz CT molecular complexity index is 3020. The first kappa shape index (κ1) is 33.9.